The summed E-state index contributed by atoms with van der Waals surface area (Å²) in [5, 5.41) is 11.1. The van der Waals surface area contributed by atoms with Crippen LogP contribution in [0.25, 0.3) is 0 Å². The van der Waals surface area contributed by atoms with Crippen LogP contribution in [0.4, 0.5) is 5.13 Å². The van der Waals surface area contributed by atoms with Crippen molar-refractivity contribution in [1.29, 1.82) is 0 Å². The molecule has 0 bridgehead atoms. The zero-order valence-corrected chi connectivity index (χ0v) is 7.54. The van der Waals surface area contributed by atoms with Crippen LogP contribution in [0.3, 0.4) is 0 Å². The molecule has 0 atom stereocenters. The zero-order chi connectivity index (χ0) is 8.97. The lowest BCUT2D eigenvalue weighted by Gasteiger charge is -2.13. The predicted molar refractivity (Wildman–Crippen MR) is 47.6 cm³/mol. The molecule has 1 heterocycles. The molecular weight excluding hydrogens is 176 g/mol. The minimum Gasteiger partial charge on any atom is -0.481 e. The summed E-state index contributed by atoms with van der Waals surface area (Å²) in [6, 6.07) is 0. The molecule has 0 aliphatic carbocycles. The van der Waals surface area contributed by atoms with E-state index in [1.165, 1.54) is 11.3 Å². The molecule has 1 N–H and O–H groups in total. The molecule has 0 saturated heterocycles. The number of nitrogens with zero attached hydrogens (tertiary/aromatic N) is 2. The molecule has 1 rings (SSSR count). The van der Waals surface area contributed by atoms with E-state index >= 15 is 0 Å². The molecule has 0 amide bonds. The highest BCUT2D eigenvalue weighted by atomic mass is 32.1. The maximum Gasteiger partial charge on any atom is 0.305 e. The molecule has 0 aliphatic rings. The molecule has 0 unspecified atom stereocenters. The van der Waals surface area contributed by atoms with Crippen LogP contribution >= 0.6 is 11.3 Å². The summed E-state index contributed by atoms with van der Waals surface area (Å²) in [6.45, 7) is 0.503. The third-order valence-corrected chi connectivity index (χ3v) is 2.29. The van der Waals surface area contributed by atoms with Crippen LogP contribution in [0.2, 0.25) is 0 Å². The maximum atomic E-state index is 10.2. The molecule has 0 saturated carbocycles. The molecular formula is C7H10N2O2S. The van der Waals surface area contributed by atoms with Crippen molar-refractivity contribution < 1.29 is 9.90 Å². The van der Waals surface area contributed by atoms with Gasteiger partial charge < -0.3 is 10.0 Å². The second-order valence-electron chi connectivity index (χ2n) is 2.38. The highest BCUT2D eigenvalue weighted by molar-refractivity contribution is 7.13. The SMILES string of the molecule is CN(CCC(=O)O)c1nccs1. The highest BCUT2D eigenvalue weighted by Gasteiger charge is 2.04. The minimum atomic E-state index is -0.779. The molecule has 0 aliphatic heterocycles. The van der Waals surface area contributed by atoms with Gasteiger partial charge in [0, 0.05) is 25.2 Å². The van der Waals surface area contributed by atoms with Crippen molar-refractivity contribution >= 4 is 22.4 Å². The maximum absolute atomic E-state index is 10.2. The lowest BCUT2D eigenvalue weighted by molar-refractivity contribution is -0.136. The number of rotatable bonds is 4. The van der Waals surface area contributed by atoms with Gasteiger partial charge in [-0.2, -0.15) is 0 Å². The van der Waals surface area contributed by atoms with E-state index in [0.29, 0.717) is 6.54 Å². The summed E-state index contributed by atoms with van der Waals surface area (Å²) in [7, 11) is 1.84. The van der Waals surface area contributed by atoms with E-state index in [0.717, 1.165) is 5.13 Å². The second-order valence-corrected chi connectivity index (χ2v) is 3.25. The van der Waals surface area contributed by atoms with Crippen molar-refractivity contribution in [3.8, 4) is 0 Å². The van der Waals surface area contributed by atoms with E-state index in [2.05, 4.69) is 4.98 Å². The first kappa shape index (κ1) is 8.99. The molecule has 0 fully saturated rings. The number of carboxylic acids is 1. The fourth-order valence-electron chi connectivity index (χ4n) is 0.763. The van der Waals surface area contributed by atoms with Gasteiger partial charge in [-0.15, -0.1) is 11.3 Å². The number of hydrogen-bond donors (Lipinski definition) is 1. The quantitative estimate of drug-likeness (QED) is 0.763. The Morgan fingerprint density at radius 2 is 2.58 bits per heavy atom. The van der Waals surface area contributed by atoms with Crippen LogP contribution < -0.4 is 4.90 Å². The van der Waals surface area contributed by atoms with Crippen LogP contribution in [0.15, 0.2) is 11.6 Å². The van der Waals surface area contributed by atoms with Gasteiger partial charge in [0.15, 0.2) is 5.13 Å². The minimum absolute atomic E-state index is 0.149. The van der Waals surface area contributed by atoms with Gasteiger partial charge in [0.1, 0.15) is 0 Å². The average Bonchev–Trinajstić information content (AvgIpc) is 2.51. The van der Waals surface area contributed by atoms with E-state index in [1.807, 2.05) is 17.3 Å². The lowest BCUT2D eigenvalue weighted by atomic mass is 10.4. The summed E-state index contributed by atoms with van der Waals surface area (Å²) in [5.74, 6) is -0.779. The first-order valence-electron chi connectivity index (χ1n) is 3.52. The summed E-state index contributed by atoms with van der Waals surface area (Å²) in [4.78, 5) is 16.1. The summed E-state index contributed by atoms with van der Waals surface area (Å²) < 4.78 is 0. The Morgan fingerprint density at radius 1 is 1.83 bits per heavy atom. The fraction of sp³-hybridized carbons (Fsp3) is 0.429. The Hall–Kier alpha value is -1.10. The Balaban J connectivity index is 2.39. The van der Waals surface area contributed by atoms with E-state index in [9.17, 15) is 4.79 Å². The third-order valence-electron chi connectivity index (χ3n) is 1.41. The Kier molecular flexibility index (Phi) is 3.04. The van der Waals surface area contributed by atoms with Gasteiger partial charge in [-0.05, 0) is 0 Å². The monoisotopic (exact) mass is 186 g/mol. The Labute approximate surface area is 74.5 Å². The first-order valence-corrected chi connectivity index (χ1v) is 4.40. The van der Waals surface area contributed by atoms with Gasteiger partial charge in [-0.1, -0.05) is 0 Å². The number of carboxylic acid groups (broad SMARTS) is 1. The molecule has 0 radical (unpaired) electrons. The Bertz CT molecular complexity index is 248. The van der Waals surface area contributed by atoms with Crippen LogP contribution in [-0.4, -0.2) is 29.7 Å². The largest absolute Gasteiger partial charge is 0.481 e. The van der Waals surface area contributed by atoms with E-state index in [-0.39, 0.29) is 6.42 Å². The van der Waals surface area contributed by atoms with Gasteiger partial charge in [-0.25, -0.2) is 4.98 Å². The predicted octanol–water partition coefficient (Wildman–Crippen LogP) is 1.05. The summed E-state index contributed by atoms with van der Waals surface area (Å²) in [5.41, 5.74) is 0. The molecule has 1 aromatic rings. The highest BCUT2D eigenvalue weighted by Crippen LogP contribution is 2.15. The second kappa shape index (κ2) is 4.06. The lowest BCUT2D eigenvalue weighted by Crippen LogP contribution is -2.20. The van der Waals surface area contributed by atoms with E-state index in [4.69, 9.17) is 5.11 Å². The Morgan fingerprint density at radius 3 is 3.08 bits per heavy atom. The van der Waals surface area contributed by atoms with Crippen LogP contribution in [0.1, 0.15) is 6.42 Å². The van der Waals surface area contributed by atoms with Crippen LogP contribution in [0, 0.1) is 0 Å². The summed E-state index contributed by atoms with van der Waals surface area (Å²) >= 11 is 1.50. The fourth-order valence-corrected chi connectivity index (χ4v) is 1.40. The van der Waals surface area contributed by atoms with Gasteiger partial charge in [0.25, 0.3) is 0 Å². The van der Waals surface area contributed by atoms with Crippen LogP contribution in [-0.2, 0) is 4.79 Å². The number of aromatic nitrogens is 1. The van der Waals surface area contributed by atoms with E-state index < -0.39 is 5.97 Å². The zero-order valence-electron chi connectivity index (χ0n) is 6.73. The standard InChI is InChI=1S/C7H10N2O2S/c1-9(4-2-6(10)11)7-8-3-5-12-7/h3,5H,2,4H2,1H3,(H,10,11). The van der Waals surface area contributed by atoms with Crippen molar-refractivity contribution in [2.24, 2.45) is 0 Å². The van der Waals surface area contributed by atoms with Crippen molar-refractivity contribution in [3.05, 3.63) is 11.6 Å². The third kappa shape index (κ3) is 2.50. The topological polar surface area (TPSA) is 53.4 Å². The van der Waals surface area contributed by atoms with Gasteiger partial charge in [0.05, 0.1) is 6.42 Å². The molecule has 4 nitrogen and oxygen atoms in total. The van der Waals surface area contributed by atoms with E-state index in [1.54, 1.807) is 6.20 Å². The van der Waals surface area contributed by atoms with Gasteiger partial charge >= 0.3 is 5.97 Å². The number of thiazole rings is 1. The van der Waals surface area contributed by atoms with Crippen molar-refractivity contribution in [3.63, 3.8) is 0 Å². The molecule has 1 aromatic heterocycles. The van der Waals surface area contributed by atoms with Crippen molar-refractivity contribution in [2.45, 2.75) is 6.42 Å². The van der Waals surface area contributed by atoms with Gasteiger partial charge in [0.2, 0.25) is 0 Å². The smallest absolute Gasteiger partial charge is 0.305 e. The molecule has 5 heteroatoms. The number of aliphatic carboxylic acids is 1. The number of hydrogen-bond acceptors (Lipinski definition) is 4. The van der Waals surface area contributed by atoms with Crippen molar-refractivity contribution in [1.82, 2.24) is 4.98 Å². The molecule has 0 spiro atoms. The number of anilines is 1. The molecule has 12 heavy (non-hydrogen) atoms. The number of carbonyl (C=O) groups is 1. The molecule has 0 aromatic carbocycles. The molecule has 66 valence electrons. The first-order chi connectivity index (χ1) is 5.70. The van der Waals surface area contributed by atoms with Crippen LogP contribution in [0.5, 0.6) is 0 Å². The average molecular weight is 186 g/mol. The normalized spacial score (nSPS) is 9.75. The summed E-state index contributed by atoms with van der Waals surface area (Å²) in [6.07, 6.45) is 1.85. The van der Waals surface area contributed by atoms with Gasteiger partial charge in [-0.3, -0.25) is 4.79 Å². The van der Waals surface area contributed by atoms with Crippen molar-refractivity contribution in [2.75, 3.05) is 18.5 Å².